The van der Waals surface area contributed by atoms with Gasteiger partial charge in [0.05, 0.1) is 38.9 Å². The van der Waals surface area contributed by atoms with Gasteiger partial charge in [0.15, 0.2) is 11.5 Å². The van der Waals surface area contributed by atoms with Crippen LogP contribution in [0.2, 0.25) is 0 Å². The molecule has 2 aromatic heterocycles. The first-order chi connectivity index (χ1) is 16.3. The van der Waals surface area contributed by atoms with E-state index in [2.05, 4.69) is 39.2 Å². The van der Waals surface area contributed by atoms with Gasteiger partial charge in [0.2, 0.25) is 0 Å². The summed E-state index contributed by atoms with van der Waals surface area (Å²) < 4.78 is 20.4. The number of nitrogens with two attached hydrogens (primary N) is 1. The van der Waals surface area contributed by atoms with Gasteiger partial charge in [0.25, 0.3) is 0 Å². The molecule has 1 aliphatic rings. The molecule has 2 aromatic carbocycles. The van der Waals surface area contributed by atoms with E-state index < -0.39 is 0 Å². The lowest BCUT2D eigenvalue weighted by atomic mass is 10.0. The molecule has 1 fully saturated rings. The highest BCUT2D eigenvalue weighted by Crippen LogP contribution is 2.36. The maximum absolute atomic E-state index is 6.42. The first kappa shape index (κ1) is 21.5. The molecular formula is C25H27N5O3. The van der Waals surface area contributed by atoms with E-state index >= 15 is 0 Å². The van der Waals surface area contributed by atoms with Gasteiger partial charge in [0.1, 0.15) is 18.1 Å². The molecule has 8 heteroatoms. The molecule has 3 atom stereocenters. The first-order valence-electron chi connectivity index (χ1n) is 11.1. The fourth-order valence-corrected chi connectivity index (χ4v) is 4.16. The maximum atomic E-state index is 6.42. The van der Waals surface area contributed by atoms with Crippen molar-refractivity contribution in [2.45, 2.75) is 32.0 Å². The van der Waals surface area contributed by atoms with Crippen LogP contribution >= 0.6 is 0 Å². The molecule has 5 rings (SSSR count). The molecule has 0 amide bonds. The third-order valence-corrected chi connectivity index (χ3v) is 5.90. The molecule has 0 radical (unpaired) electrons. The van der Waals surface area contributed by atoms with Crippen LogP contribution in [0.3, 0.4) is 0 Å². The van der Waals surface area contributed by atoms with Crippen molar-refractivity contribution in [3.8, 4) is 0 Å². The van der Waals surface area contributed by atoms with Crippen LogP contribution in [0.15, 0.2) is 73.3 Å². The van der Waals surface area contributed by atoms with Crippen LogP contribution in [0.4, 0.5) is 5.82 Å². The molecule has 0 spiro atoms. The molecule has 0 aliphatic carbocycles. The fraction of sp³-hybridized carbons (Fsp3) is 0.320. The SMILES string of the molecule is Nc1ncnc2c1ncn2[C@H]1C[C@H](COCc2ccccc2)[C@@H](COCc2ccccc2)O1. The van der Waals surface area contributed by atoms with Crippen molar-refractivity contribution in [1.29, 1.82) is 0 Å². The molecule has 1 saturated heterocycles. The number of imidazole rings is 1. The number of aromatic nitrogens is 4. The minimum Gasteiger partial charge on any atom is -0.382 e. The van der Waals surface area contributed by atoms with Crippen molar-refractivity contribution < 1.29 is 14.2 Å². The predicted octanol–water partition coefficient (Wildman–Crippen LogP) is 3.75. The smallest absolute Gasteiger partial charge is 0.167 e. The molecule has 33 heavy (non-hydrogen) atoms. The number of fused-ring (bicyclic) bond motifs is 1. The molecule has 170 valence electrons. The van der Waals surface area contributed by atoms with Gasteiger partial charge in [-0.3, -0.25) is 4.57 Å². The Bertz CT molecular complexity index is 1120. The predicted molar refractivity (Wildman–Crippen MR) is 124 cm³/mol. The van der Waals surface area contributed by atoms with Crippen molar-refractivity contribution in [1.82, 2.24) is 19.5 Å². The van der Waals surface area contributed by atoms with Gasteiger partial charge in [-0.2, -0.15) is 0 Å². The molecule has 0 bridgehead atoms. The van der Waals surface area contributed by atoms with Gasteiger partial charge >= 0.3 is 0 Å². The van der Waals surface area contributed by atoms with E-state index in [1.807, 2.05) is 41.0 Å². The van der Waals surface area contributed by atoms with E-state index in [4.69, 9.17) is 19.9 Å². The zero-order chi connectivity index (χ0) is 22.5. The zero-order valence-electron chi connectivity index (χ0n) is 18.3. The molecule has 0 unspecified atom stereocenters. The third-order valence-electron chi connectivity index (χ3n) is 5.90. The maximum Gasteiger partial charge on any atom is 0.167 e. The second kappa shape index (κ2) is 10.1. The Morgan fingerprint density at radius 2 is 1.55 bits per heavy atom. The summed E-state index contributed by atoms with van der Waals surface area (Å²) in [7, 11) is 0. The monoisotopic (exact) mass is 445 g/mol. The largest absolute Gasteiger partial charge is 0.382 e. The van der Waals surface area contributed by atoms with Gasteiger partial charge < -0.3 is 19.9 Å². The summed E-state index contributed by atoms with van der Waals surface area (Å²) in [6, 6.07) is 20.3. The number of nitrogen functional groups attached to an aromatic ring is 1. The second-order valence-electron chi connectivity index (χ2n) is 8.21. The number of nitrogens with zero attached hydrogens (tertiary/aromatic N) is 4. The third kappa shape index (κ3) is 5.03. The van der Waals surface area contributed by atoms with E-state index in [9.17, 15) is 0 Å². The summed E-state index contributed by atoms with van der Waals surface area (Å²) in [6.07, 6.45) is 3.61. The van der Waals surface area contributed by atoms with Crippen molar-refractivity contribution >= 4 is 17.0 Å². The average molecular weight is 446 g/mol. The van der Waals surface area contributed by atoms with Crippen LogP contribution in [-0.2, 0) is 27.4 Å². The molecule has 1 aliphatic heterocycles. The van der Waals surface area contributed by atoms with Gasteiger partial charge in [-0.15, -0.1) is 0 Å². The summed E-state index contributed by atoms with van der Waals surface area (Å²) in [4.78, 5) is 12.8. The average Bonchev–Trinajstić information content (AvgIpc) is 3.46. The Kier molecular flexibility index (Phi) is 6.57. The van der Waals surface area contributed by atoms with E-state index in [1.54, 1.807) is 6.33 Å². The van der Waals surface area contributed by atoms with Crippen LogP contribution in [0.25, 0.3) is 11.2 Å². The number of hydrogen-bond donors (Lipinski definition) is 1. The molecular weight excluding hydrogens is 418 g/mol. The van der Waals surface area contributed by atoms with E-state index in [0.29, 0.717) is 43.4 Å². The Labute approximate surface area is 192 Å². The van der Waals surface area contributed by atoms with Crippen molar-refractivity contribution in [2.75, 3.05) is 18.9 Å². The normalized spacial score (nSPS) is 20.4. The van der Waals surface area contributed by atoms with Crippen molar-refractivity contribution in [3.63, 3.8) is 0 Å². The summed E-state index contributed by atoms with van der Waals surface area (Å²) in [5.41, 5.74) is 9.50. The molecule has 4 aromatic rings. The number of hydrogen-bond acceptors (Lipinski definition) is 7. The lowest BCUT2D eigenvalue weighted by Crippen LogP contribution is -2.26. The quantitative estimate of drug-likeness (QED) is 0.419. The van der Waals surface area contributed by atoms with Crippen molar-refractivity contribution in [3.05, 3.63) is 84.4 Å². The van der Waals surface area contributed by atoms with Crippen LogP contribution in [0.5, 0.6) is 0 Å². The van der Waals surface area contributed by atoms with Gasteiger partial charge in [-0.1, -0.05) is 60.7 Å². The Morgan fingerprint density at radius 1 is 0.879 bits per heavy atom. The highest BCUT2D eigenvalue weighted by molar-refractivity contribution is 5.81. The minimum absolute atomic E-state index is 0.105. The van der Waals surface area contributed by atoms with Gasteiger partial charge in [0, 0.05) is 12.3 Å². The zero-order valence-corrected chi connectivity index (χ0v) is 18.3. The Morgan fingerprint density at radius 3 is 2.24 bits per heavy atom. The van der Waals surface area contributed by atoms with E-state index in [1.165, 1.54) is 6.33 Å². The summed E-state index contributed by atoms with van der Waals surface area (Å²) >= 11 is 0. The fourth-order valence-electron chi connectivity index (χ4n) is 4.16. The van der Waals surface area contributed by atoms with Crippen LogP contribution in [0.1, 0.15) is 23.8 Å². The summed E-state index contributed by atoms with van der Waals surface area (Å²) in [6.45, 7) is 2.17. The lowest BCUT2D eigenvalue weighted by molar-refractivity contribution is -0.0601. The first-order valence-corrected chi connectivity index (χ1v) is 11.1. The van der Waals surface area contributed by atoms with Crippen LogP contribution in [-0.4, -0.2) is 38.8 Å². The molecule has 0 saturated carbocycles. The highest BCUT2D eigenvalue weighted by atomic mass is 16.6. The van der Waals surface area contributed by atoms with Crippen LogP contribution < -0.4 is 5.73 Å². The molecule has 2 N–H and O–H groups in total. The standard InChI is InChI=1S/C25H27N5O3/c26-24-23-25(28-16-27-24)30(17-29-23)22-11-20(14-31-12-18-7-3-1-4-8-18)21(33-22)15-32-13-19-9-5-2-6-10-19/h1-10,16-17,20-22H,11-15H2,(H2,26,27,28)/t20-,21-,22-/m1/s1. The van der Waals surface area contributed by atoms with Gasteiger partial charge in [-0.25, -0.2) is 15.0 Å². The van der Waals surface area contributed by atoms with Gasteiger partial charge in [-0.05, 0) is 11.1 Å². The lowest BCUT2D eigenvalue weighted by Gasteiger charge is -2.19. The van der Waals surface area contributed by atoms with Crippen molar-refractivity contribution in [2.24, 2.45) is 5.92 Å². The summed E-state index contributed by atoms with van der Waals surface area (Å²) in [5, 5.41) is 0. The number of anilines is 1. The molecule has 3 heterocycles. The minimum atomic E-state index is -0.222. The Hall–Kier alpha value is -3.33. The Balaban J connectivity index is 1.27. The number of benzene rings is 2. The van der Waals surface area contributed by atoms with E-state index in [0.717, 1.165) is 17.5 Å². The second-order valence-corrected chi connectivity index (χ2v) is 8.21. The van der Waals surface area contributed by atoms with E-state index in [-0.39, 0.29) is 18.2 Å². The van der Waals surface area contributed by atoms with Crippen LogP contribution in [0, 0.1) is 5.92 Å². The summed E-state index contributed by atoms with van der Waals surface area (Å²) in [5.74, 6) is 0.536. The number of ether oxygens (including phenoxy) is 3. The molecule has 8 nitrogen and oxygen atoms in total. The topological polar surface area (TPSA) is 97.3 Å². The number of rotatable bonds is 9. The highest BCUT2D eigenvalue weighted by Gasteiger charge is 2.37.